The number of hydrogen-bond acceptors (Lipinski definition) is 2. The van der Waals surface area contributed by atoms with Crippen LogP contribution >= 0.6 is 0 Å². The van der Waals surface area contributed by atoms with Crippen LogP contribution in [0.25, 0.3) is 0 Å². The van der Waals surface area contributed by atoms with E-state index in [0.29, 0.717) is 5.92 Å². The predicted octanol–water partition coefficient (Wildman–Crippen LogP) is 2.02. The molecule has 2 rings (SSSR count). The molecule has 1 heterocycles. The van der Waals surface area contributed by atoms with Gasteiger partial charge in [-0.15, -0.1) is 0 Å². The molecule has 1 N–H and O–H groups in total. The quantitative estimate of drug-likeness (QED) is 0.772. The Kier molecular flexibility index (Phi) is 2.73. The Morgan fingerprint density at radius 1 is 1.21 bits per heavy atom. The number of methoxy groups -OCH3 is 1. The monoisotopic (exact) mass is 191 g/mol. The summed E-state index contributed by atoms with van der Waals surface area (Å²) in [7, 11) is 1.70. The molecule has 1 saturated heterocycles. The van der Waals surface area contributed by atoms with Crippen LogP contribution in [0.2, 0.25) is 0 Å². The van der Waals surface area contributed by atoms with Crippen molar-refractivity contribution in [1.29, 1.82) is 0 Å². The minimum atomic E-state index is 0.668. The van der Waals surface area contributed by atoms with Crippen molar-refractivity contribution < 1.29 is 4.74 Å². The number of rotatable bonds is 2. The molecular formula is C12H17NO. The van der Waals surface area contributed by atoms with E-state index in [0.717, 1.165) is 24.8 Å². The van der Waals surface area contributed by atoms with Gasteiger partial charge in [0.05, 0.1) is 7.11 Å². The molecule has 14 heavy (non-hydrogen) atoms. The van der Waals surface area contributed by atoms with Gasteiger partial charge in [-0.05, 0) is 30.2 Å². The molecule has 1 aromatic rings. The Hall–Kier alpha value is -1.02. The molecule has 0 unspecified atom stereocenters. The molecular weight excluding hydrogens is 174 g/mol. The summed E-state index contributed by atoms with van der Waals surface area (Å²) in [6.07, 6.45) is 0. The minimum Gasteiger partial charge on any atom is -0.497 e. The van der Waals surface area contributed by atoms with E-state index >= 15 is 0 Å². The molecule has 1 aliphatic heterocycles. The highest BCUT2D eigenvalue weighted by atomic mass is 16.5. The van der Waals surface area contributed by atoms with E-state index in [1.165, 1.54) is 5.56 Å². The fourth-order valence-corrected chi connectivity index (χ4v) is 2.11. The van der Waals surface area contributed by atoms with Crippen molar-refractivity contribution in [3.63, 3.8) is 0 Å². The largest absolute Gasteiger partial charge is 0.497 e. The van der Waals surface area contributed by atoms with E-state index in [1.807, 2.05) is 12.1 Å². The van der Waals surface area contributed by atoms with Crippen molar-refractivity contribution in [3.8, 4) is 5.75 Å². The zero-order chi connectivity index (χ0) is 9.97. The Balaban J connectivity index is 2.16. The van der Waals surface area contributed by atoms with Crippen LogP contribution in [-0.4, -0.2) is 20.2 Å². The SMILES string of the molecule is COc1ccc([C@H]2CNC[C@H]2C)cc1. The molecule has 0 amide bonds. The van der Waals surface area contributed by atoms with Gasteiger partial charge in [-0.3, -0.25) is 0 Å². The van der Waals surface area contributed by atoms with Crippen LogP contribution in [0.15, 0.2) is 24.3 Å². The van der Waals surface area contributed by atoms with Crippen molar-refractivity contribution in [3.05, 3.63) is 29.8 Å². The molecule has 2 nitrogen and oxygen atoms in total. The van der Waals surface area contributed by atoms with Crippen molar-refractivity contribution >= 4 is 0 Å². The second-order valence-electron chi connectivity index (χ2n) is 4.02. The second kappa shape index (κ2) is 4.01. The maximum absolute atomic E-state index is 5.14. The number of benzene rings is 1. The van der Waals surface area contributed by atoms with E-state index in [2.05, 4.69) is 24.4 Å². The van der Waals surface area contributed by atoms with Gasteiger partial charge >= 0.3 is 0 Å². The lowest BCUT2D eigenvalue weighted by atomic mass is 9.90. The third-order valence-electron chi connectivity index (χ3n) is 3.06. The van der Waals surface area contributed by atoms with Crippen LogP contribution < -0.4 is 10.1 Å². The molecule has 0 aliphatic carbocycles. The average Bonchev–Trinajstić information content (AvgIpc) is 2.65. The maximum Gasteiger partial charge on any atom is 0.118 e. The van der Waals surface area contributed by atoms with Crippen LogP contribution in [0, 0.1) is 5.92 Å². The first-order valence-electron chi connectivity index (χ1n) is 5.16. The summed E-state index contributed by atoms with van der Waals surface area (Å²) in [5, 5.41) is 3.42. The normalized spacial score (nSPS) is 26.4. The van der Waals surface area contributed by atoms with Gasteiger partial charge in [-0.25, -0.2) is 0 Å². The highest BCUT2D eigenvalue weighted by Gasteiger charge is 2.24. The van der Waals surface area contributed by atoms with Crippen LogP contribution in [0.3, 0.4) is 0 Å². The van der Waals surface area contributed by atoms with Crippen LogP contribution in [0.5, 0.6) is 5.75 Å². The molecule has 1 fully saturated rings. The number of hydrogen-bond donors (Lipinski definition) is 1. The summed E-state index contributed by atoms with van der Waals surface area (Å²) in [6, 6.07) is 8.43. The first-order valence-corrected chi connectivity index (χ1v) is 5.16. The fourth-order valence-electron chi connectivity index (χ4n) is 2.11. The Morgan fingerprint density at radius 2 is 1.93 bits per heavy atom. The van der Waals surface area contributed by atoms with Gasteiger partial charge in [0.25, 0.3) is 0 Å². The van der Waals surface area contributed by atoms with E-state index in [9.17, 15) is 0 Å². The van der Waals surface area contributed by atoms with Gasteiger partial charge in [0, 0.05) is 12.5 Å². The van der Waals surface area contributed by atoms with Gasteiger partial charge in [0.1, 0.15) is 5.75 Å². The van der Waals surface area contributed by atoms with E-state index < -0.39 is 0 Å². The van der Waals surface area contributed by atoms with Gasteiger partial charge < -0.3 is 10.1 Å². The van der Waals surface area contributed by atoms with Crippen LogP contribution in [0.4, 0.5) is 0 Å². The van der Waals surface area contributed by atoms with Gasteiger partial charge in [0.2, 0.25) is 0 Å². The van der Waals surface area contributed by atoms with Crippen molar-refractivity contribution in [2.24, 2.45) is 5.92 Å². The van der Waals surface area contributed by atoms with Gasteiger partial charge in [0.15, 0.2) is 0 Å². The molecule has 0 spiro atoms. The molecule has 0 aromatic heterocycles. The molecule has 76 valence electrons. The topological polar surface area (TPSA) is 21.3 Å². The lowest BCUT2D eigenvalue weighted by Gasteiger charge is -2.14. The molecule has 2 atom stereocenters. The zero-order valence-electron chi connectivity index (χ0n) is 8.79. The summed E-state index contributed by atoms with van der Waals surface area (Å²) >= 11 is 0. The smallest absolute Gasteiger partial charge is 0.118 e. The van der Waals surface area contributed by atoms with E-state index in [1.54, 1.807) is 7.11 Å². The first-order chi connectivity index (χ1) is 6.81. The third-order valence-corrected chi connectivity index (χ3v) is 3.06. The summed E-state index contributed by atoms with van der Waals surface area (Å²) in [5.41, 5.74) is 1.42. The first kappa shape index (κ1) is 9.53. The summed E-state index contributed by atoms with van der Waals surface area (Å²) < 4.78 is 5.14. The number of nitrogens with one attached hydrogen (secondary N) is 1. The molecule has 1 aromatic carbocycles. The standard InChI is InChI=1S/C12H17NO/c1-9-7-13-8-12(9)10-3-5-11(14-2)6-4-10/h3-6,9,12-13H,7-8H2,1-2H3/t9-,12+/m1/s1. The van der Waals surface area contributed by atoms with Crippen molar-refractivity contribution in [2.75, 3.05) is 20.2 Å². The molecule has 0 bridgehead atoms. The van der Waals surface area contributed by atoms with Gasteiger partial charge in [-0.2, -0.15) is 0 Å². The molecule has 0 saturated carbocycles. The Bertz CT molecular complexity index is 294. The lowest BCUT2D eigenvalue weighted by Crippen LogP contribution is -2.07. The van der Waals surface area contributed by atoms with Gasteiger partial charge in [-0.1, -0.05) is 19.1 Å². The van der Waals surface area contributed by atoms with E-state index in [-0.39, 0.29) is 0 Å². The predicted molar refractivity (Wildman–Crippen MR) is 57.8 cm³/mol. The van der Waals surface area contributed by atoms with Crippen molar-refractivity contribution in [1.82, 2.24) is 5.32 Å². The number of ether oxygens (including phenoxy) is 1. The fraction of sp³-hybridized carbons (Fsp3) is 0.500. The average molecular weight is 191 g/mol. The highest BCUT2D eigenvalue weighted by molar-refractivity contribution is 5.30. The lowest BCUT2D eigenvalue weighted by molar-refractivity contribution is 0.414. The summed E-state index contributed by atoms with van der Waals surface area (Å²) in [6.45, 7) is 4.54. The summed E-state index contributed by atoms with van der Waals surface area (Å²) in [4.78, 5) is 0. The molecule has 0 radical (unpaired) electrons. The maximum atomic E-state index is 5.14. The molecule has 1 aliphatic rings. The Labute approximate surface area is 85.3 Å². The molecule has 2 heteroatoms. The second-order valence-corrected chi connectivity index (χ2v) is 4.02. The minimum absolute atomic E-state index is 0.668. The summed E-state index contributed by atoms with van der Waals surface area (Å²) in [5.74, 6) is 2.34. The third kappa shape index (κ3) is 1.75. The highest BCUT2D eigenvalue weighted by Crippen LogP contribution is 2.28. The van der Waals surface area contributed by atoms with E-state index in [4.69, 9.17) is 4.74 Å². The Morgan fingerprint density at radius 3 is 2.43 bits per heavy atom. The van der Waals surface area contributed by atoms with Crippen LogP contribution in [-0.2, 0) is 0 Å². The van der Waals surface area contributed by atoms with Crippen LogP contribution in [0.1, 0.15) is 18.4 Å². The van der Waals surface area contributed by atoms with Crippen molar-refractivity contribution in [2.45, 2.75) is 12.8 Å². The zero-order valence-corrected chi connectivity index (χ0v) is 8.79.